The lowest BCUT2D eigenvalue weighted by Crippen LogP contribution is -2.03. The van der Waals surface area contributed by atoms with Crippen LogP contribution in [0.3, 0.4) is 0 Å². The number of halogens is 2. The van der Waals surface area contributed by atoms with Gasteiger partial charge in [0.05, 0.1) is 6.67 Å². The number of alkyl halides is 1. The Balaban J connectivity index is 3.00. The summed E-state index contributed by atoms with van der Waals surface area (Å²) in [4.78, 5) is 0. The SMILES string of the molecule is CCCc1cccc([C](C)CF)c1F. The van der Waals surface area contributed by atoms with Crippen molar-refractivity contribution in [3.8, 4) is 0 Å². The minimum atomic E-state index is -0.591. The molecular formula is C12H15F2. The molecule has 1 radical (unpaired) electrons. The van der Waals surface area contributed by atoms with Gasteiger partial charge in [0.15, 0.2) is 0 Å². The van der Waals surface area contributed by atoms with Gasteiger partial charge in [-0.1, -0.05) is 38.5 Å². The summed E-state index contributed by atoms with van der Waals surface area (Å²) in [6, 6.07) is 5.17. The molecule has 1 rings (SSSR count). The summed E-state index contributed by atoms with van der Waals surface area (Å²) in [5.41, 5.74) is 1.09. The normalized spacial score (nSPS) is 10.9. The van der Waals surface area contributed by atoms with Crippen LogP contribution in [-0.2, 0) is 6.42 Å². The molecule has 0 saturated carbocycles. The molecule has 14 heavy (non-hydrogen) atoms. The lowest BCUT2D eigenvalue weighted by molar-refractivity contribution is 0.505. The highest BCUT2D eigenvalue weighted by Crippen LogP contribution is 2.22. The third kappa shape index (κ3) is 2.31. The molecule has 1 aromatic carbocycles. The first-order valence-corrected chi connectivity index (χ1v) is 4.86. The maximum Gasteiger partial charge on any atom is 0.130 e. The quantitative estimate of drug-likeness (QED) is 0.690. The molecular weight excluding hydrogens is 182 g/mol. The third-order valence-electron chi connectivity index (χ3n) is 2.26. The molecule has 0 unspecified atom stereocenters. The molecule has 0 aliphatic rings. The number of aryl methyl sites for hydroxylation is 1. The Hall–Kier alpha value is -0.920. The molecule has 0 aliphatic carbocycles. The van der Waals surface area contributed by atoms with E-state index in [1.807, 2.05) is 6.92 Å². The molecule has 1 aromatic rings. The molecule has 0 atom stereocenters. The highest BCUT2D eigenvalue weighted by Gasteiger charge is 2.13. The van der Waals surface area contributed by atoms with Crippen molar-refractivity contribution in [3.63, 3.8) is 0 Å². The van der Waals surface area contributed by atoms with Crippen molar-refractivity contribution in [3.05, 3.63) is 41.1 Å². The van der Waals surface area contributed by atoms with Gasteiger partial charge in [-0.15, -0.1) is 0 Å². The van der Waals surface area contributed by atoms with Crippen molar-refractivity contribution in [2.75, 3.05) is 6.67 Å². The van der Waals surface area contributed by atoms with Crippen molar-refractivity contribution in [1.29, 1.82) is 0 Å². The Labute approximate surface area is 84.0 Å². The van der Waals surface area contributed by atoms with Gasteiger partial charge >= 0.3 is 0 Å². The van der Waals surface area contributed by atoms with Crippen molar-refractivity contribution in [2.45, 2.75) is 26.7 Å². The van der Waals surface area contributed by atoms with Gasteiger partial charge in [0.2, 0.25) is 0 Å². The second kappa shape index (κ2) is 5.08. The maximum absolute atomic E-state index is 13.7. The van der Waals surface area contributed by atoms with Gasteiger partial charge in [0.1, 0.15) is 5.82 Å². The van der Waals surface area contributed by atoms with E-state index in [2.05, 4.69) is 0 Å². The van der Waals surface area contributed by atoms with Gasteiger partial charge in [-0.2, -0.15) is 0 Å². The van der Waals surface area contributed by atoms with E-state index in [0.29, 0.717) is 23.5 Å². The Morgan fingerprint density at radius 1 is 1.36 bits per heavy atom. The first-order chi connectivity index (χ1) is 6.70. The van der Waals surface area contributed by atoms with E-state index in [0.717, 1.165) is 6.42 Å². The van der Waals surface area contributed by atoms with Crippen LogP contribution in [0.2, 0.25) is 0 Å². The molecule has 0 N–H and O–H groups in total. The minimum absolute atomic E-state index is 0.260. The lowest BCUT2D eigenvalue weighted by atomic mass is 9.97. The molecule has 0 bridgehead atoms. The van der Waals surface area contributed by atoms with E-state index in [4.69, 9.17) is 0 Å². The monoisotopic (exact) mass is 197 g/mol. The summed E-state index contributed by atoms with van der Waals surface area (Å²) in [5, 5.41) is 0. The van der Waals surface area contributed by atoms with Crippen LogP contribution < -0.4 is 0 Å². The van der Waals surface area contributed by atoms with Crippen molar-refractivity contribution in [1.82, 2.24) is 0 Å². The molecule has 0 aromatic heterocycles. The van der Waals surface area contributed by atoms with E-state index < -0.39 is 6.67 Å². The van der Waals surface area contributed by atoms with Crippen LogP contribution in [0, 0.1) is 11.7 Å². The average molecular weight is 197 g/mol. The maximum atomic E-state index is 13.7. The molecule has 77 valence electrons. The molecule has 0 amide bonds. The Kier molecular flexibility index (Phi) is 4.05. The van der Waals surface area contributed by atoms with Crippen LogP contribution in [0.1, 0.15) is 31.4 Å². The van der Waals surface area contributed by atoms with Crippen LogP contribution >= 0.6 is 0 Å². The fourth-order valence-electron chi connectivity index (χ4n) is 1.44. The molecule has 2 heteroatoms. The third-order valence-corrected chi connectivity index (χ3v) is 2.26. The summed E-state index contributed by atoms with van der Waals surface area (Å²) in [6.45, 7) is 3.03. The topological polar surface area (TPSA) is 0 Å². The number of rotatable bonds is 4. The molecule has 0 saturated heterocycles. The van der Waals surface area contributed by atoms with Crippen molar-refractivity contribution >= 4 is 0 Å². The summed E-state index contributed by atoms with van der Waals surface area (Å²) < 4.78 is 26.1. The number of benzene rings is 1. The fourth-order valence-corrected chi connectivity index (χ4v) is 1.44. The molecule has 0 fully saturated rings. The second-order valence-electron chi connectivity index (χ2n) is 3.44. The molecule has 0 spiro atoms. The Morgan fingerprint density at radius 3 is 2.64 bits per heavy atom. The average Bonchev–Trinajstić information content (AvgIpc) is 2.20. The lowest BCUT2D eigenvalue weighted by Gasteiger charge is -2.10. The largest absolute Gasteiger partial charge is 0.250 e. The van der Waals surface area contributed by atoms with E-state index in [9.17, 15) is 8.78 Å². The van der Waals surface area contributed by atoms with Crippen LogP contribution in [0.25, 0.3) is 0 Å². The zero-order chi connectivity index (χ0) is 10.6. The summed E-state index contributed by atoms with van der Waals surface area (Å²) in [6.07, 6.45) is 1.61. The second-order valence-corrected chi connectivity index (χ2v) is 3.44. The predicted molar refractivity (Wildman–Crippen MR) is 54.4 cm³/mol. The van der Waals surface area contributed by atoms with Gasteiger partial charge in [-0.25, -0.2) is 4.39 Å². The van der Waals surface area contributed by atoms with Gasteiger partial charge < -0.3 is 0 Å². The molecule has 0 nitrogen and oxygen atoms in total. The van der Waals surface area contributed by atoms with Gasteiger partial charge in [-0.05, 0) is 17.5 Å². The predicted octanol–water partition coefficient (Wildman–Crippen LogP) is 3.69. The van der Waals surface area contributed by atoms with Crippen molar-refractivity contribution < 1.29 is 8.78 Å². The smallest absolute Gasteiger partial charge is 0.130 e. The summed E-state index contributed by atoms with van der Waals surface area (Å²) in [7, 11) is 0. The Bertz CT molecular complexity index is 294. The molecule has 0 aliphatic heterocycles. The standard InChI is InChI=1S/C12H15F2/c1-3-5-10-6-4-7-11(12(10)14)9(2)8-13/h4,6-7H,3,5,8H2,1-2H3. The number of hydrogen-bond donors (Lipinski definition) is 0. The minimum Gasteiger partial charge on any atom is -0.250 e. The zero-order valence-electron chi connectivity index (χ0n) is 8.61. The van der Waals surface area contributed by atoms with Gasteiger partial charge in [0.25, 0.3) is 0 Å². The highest BCUT2D eigenvalue weighted by molar-refractivity contribution is 5.35. The summed E-state index contributed by atoms with van der Waals surface area (Å²) in [5.74, 6) is 0.199. The number of hydrogen-bond acceptors (Lipinski definition) is 0. The highest BCUT2D eigenvalue weighted by atomic mass is 19.1. The van der Waals surface area contributed by atoms with Crippen LogP contribution in [0.5, 0.6) is 0 Å². The van der Waals surface area contributed by atoms with Crippen LogP contribution in [0.4, 0.5) is 8.78 Å². The van der Waals surface area contributed by atoms with Crippen LogP contribution in [-0.4, -0.2) is 6.67 Å². The first-order valence-electron chi connectivity index (χ1n) is 4.86. The first kappa shape index (κ1) is 11.2. The Morgan fingerprint density at radius 2 is 2.07 bits per heavy atom. The van der Waals surface area contributed by atoms with E-state index in [1.165, 1.54) is 0 Å². The van der Waals surface area contributed by atoms with E-state index >= 15 is 0 Å². The molecule has 0 heterocycles. The van der Waals surface area contributed by atoms with Crippen LogP contribution in [0.15, 0.2) is 18.2 Å². The fraction of sp³-hybridized carbons (Fsp3) is 0.417. The summed E-state index contributed by atoms with van der Waals surface area (Å²) >= 11 is 0. The van der Waals surface area contributed by atoms with E-state index in [-0.39, 0.29) is 5.82 Å². The van der Waals surface area contributed by atoms with Gasteiger partial charge in [0, 0.05) is 5.92 Å². The van der Waals surface area contributed by atoms with Crippen molar-refractivity contribution in [2.24, 2.45) is 0 Å². The van der Waals surface area contributed by atoms with E-state index in [1.54, 1.807) is 25.1 Å². The zero-order valence-corrected chi connectivity index (χ0v) is 8.61. The van der Waals surface area contributed by atoms with Gasteiger partial charge in [-0.3, -0.25) is 4.39 Å².